The molecule has 1 saturated heterocycles. The molecule has 3 unspecified atom stereocenters. The zero-order chi connectivity index (χ0) is 17.0. The van der Waals surface area contributed by atoms with Gasteiger partial charge in [0.25, 0.3) is 0 Å². The van der Waals surface area contributed by atoms with Crippen molar-refractivity contribution in [1.82, 2.24) is 0 Å². The topological polar surface area (TPSA) is 43.4 Å². The van der Waals surface area contributed by atoms with Crippen LogP contribution in [0, 0.1) is 11.8 Å². The van der Waals surface area contributed by atoms with Crippen molar-refractivity contribution in [1.29, 1.82) is 0 Å². The number of hydrogen-bond donors (Lipinski definition) is 0. The Balaban J connectivity index is 0.000000352. The second-order valence-corrected chi connectivity index (χ2v) is 7.48. The van der Waals surface area contributed by atoms with Crippen LogP contribution in [0.3, 0.4) is 0 Å². The molecule has 0 radical (unpaired) electrons. The fourth-order valence-electron chi connectivity index (χ4n) is 2.59. The molecule has 0 aromatic carbocycles. The van der Waals surface area contributed by atoms with Crippen molar-refractivity contribution in [3.05, 3.63) is 0 Å². The quantitative estimate of drug-likeness (QED) is 0.665. The number of carbonyl (C=O) groups excluding carboxylic acids is 2. The highest BCUT2D eigenvalue weighted by Crippen LogP contribution is 2.27. The van der Waals surface area contributed by atoms with Gasteiger partial charge in [-0.2, -0.15) is 0 Å². The smallest absolute Gasteiger partial charge is 0.317 e. The van der Waals surface area contributed by atoms with Gasteiger partial charge >= 0.3 is 5.97 Å². The molecule has 2 fully saturated rings. The van der Waals surface area contributed by atoms with Crippen LogP contribution in [0.25, 0.3) is 0 Å². The summed E-state index contributed by atoms with van der Waals surface area (Å²) in [6.45, 7) is 10.9. The van der Waals surface area contributed by atoms with Crippen molar-refractivity contribution in [2.45, 2.75) is 85.0 Å². The number of ether oxygens (including phenoxy) is 1. The molecule has 3 atom stereocenters. The van der Waals surface area contributed by atoms with E-state index in [0.29, 0.717) is 12.2 Å². The van der Waals surface area contributed by atoms with Gasteiger partial charge < -0.3 is 4.74 Å². The number of cyclic esters (lactones) is 1. The van der Waals surface area contributed by atoms with E-state index in [4.69, 9.17) is 4.74 Å². The largest absolute Gasteiger partial charge is 0.442 e. The highest BCUT2D eigenvalue weighted by Gasteiger charge is 2.29. The third kappa shape index (κ3) is 10.3. The van der Waals surface area contributed by atoms with Crippen molar-refractivity contribution in [3.63, 3.8) is 0 Å². The summed E-state index contributed by atoms with van der Waals surface area (Å²) in [6.07, 6.45) is 8.47. The zero-order valence-electron chi connectivity index (χ0n) is 15.0. The number of thioether (sulfide) groups is 1. The molecular formula is C18H34O3S. The van der Waals surface area contributed by atoms with Crippen LogP contribution in [0.1, 0.15) is 79.6 Å². The molecule has 1 aliphatic carbocycles. The maximum absolute atomic E-state index is 11.1. The van der Waals surface area contributed by atoms with Gasteiger partial charge in [-0.3, -0.25) is 9.59 Å². The third-order valence-electron chi connectivity index (χ3n) is 3.55. The van der Waals surface area contributed by atoms with Crippen LogP contribution in [-0.4, -0.2) is 22.9 Å². The summed E-state index contributed by atoms with van der Waals surface area (Å²) in [7, 11) is 0. The normalized spacial score (nSPS) is 27.0. The number of Topliss-reactive ketones (excluding diaryl/α,β-unsaturated/α-hetero) is 1. The van der Waals surface area contributed by atoms with Crippen molar-refractivity contribution in [3.8, 4) is 0 Å². The number of ketones is 1. The van der Waals surface area contributed by atoms with Gasteiger partial charge in [-0.05, 0) is 24.7 Å². The van der Waals surface area contributed by atoms with Crippen LogP contribution in [0.5, 0.6) is 0 Å². The van der Waals surface area contributed by atoms with Crippen molar-refractivity contribution < 1.29 is 14.3 Å². The minimum absolute atomic E-state index is 0.0309. The monoisotopic (exact) mass is 330 g/mol. The number of esters is 1. The minimum Gasteiger partial charge on any atom is -0.442 e. The summed E-state index contributed by atoms with van der Waals surface area (Å²) >= 11 is 1.28. The maximum Gasteiger partial charge on any atom is 0.317 e. The molecule has 22 heavy (non-hydrogen) atoms. The molecule has 1 saturated carbocycles. The van der Waals surface area contributed by atoms with E-state index in [1.165, 1.54) is 43.9 Å². The highest BCUT2D eigenvalue weighted by atomic mass is 32.2. The number of carbonyl (C=O) groups is 2. The molecule has 0 aromatic heterocycles. The Kier molecular flexibility index (Phi) is 12.7. The zero-order valence-corrected chi connectivity index (χ0v) is 15.8. The second-order valence-electron chi connectivity index (χ2n) is 6.43. The Morgan fingerprint density at radius 2 is 1.73 bits per heavy atom. The Morgan fingerprint density at radius 3 is 2.05 bits per heavy atom. The van der Waals surface area contributed by atoms with E-state index in [-0.39, 0.29) is 11.8 Å². The average Bonchev–Trinajstić information content (AvgIpc) is 2.87. The predicted octanol–water partition coefficient (Wildman–Crippen LogP) is 5.22. The second kappa shape index (κ2) is 13.0. The SMILES string of the molecule is CC1CCCC(C)C1.CCC.CCCC(=O)C1OC(=O)CS1. The lowest BCUT2D eigenvalue weighted by molar-refractivity contribution is -0.145. The molecule has 2 aliphatic rings. The van der Waals surface area contributed by atoms with E-state index in [2.05, 4.69) is 27.7 Å². The molecule has 1 heterocycles. The van der Waals surface area contributed by atoms with Crippen LogP contribution in [0.15, 0.2) is 0 Å². The molecule has 0 amide bonds. The Labute approximate surface area is 141 Å². The fraction of sp³-hybridized carbons (Fsp3) is 0.889. The third-order valence-corrected chi connectivity index (χ3v) is 4.61. The Bertz CT molecular complexity index is 309. The van der Waals surface area contributed by atoms with Gasteiger partial charge in [0, 0.05) is 6.42 Å². The van der Waals surface area contributed by atoms with Gasteiger partial charge in [0.2, 0.25) is 5.44 Å². The minimum atomic E-state index is -0.512. The fourth-order valence-corrected chi connectivity index (χ4v) is 3.43. The van der Waals surface area contributed by atoms with Crippen molar-refractivity contribution in [2.24, 2.45) is 11.8 Å². The van der Waals surface area contributed by atoms with E-state index >= 15 is 0 Å². The standard InChI is InChI=1S/C8H16.C7H10O3S.C3H8/c1-7-4-3-5-8(2)6-7;1-2-3-5(8)7-10-6(9)4-11-7;1-3-2/h7-8H,3-6H2,1-2H3;7H,2-4H2,1H3;3H2,1-2H3. The molecule has 1 aliphatic heterocycles. The Morgan fingerprint density at radius 1 is 1.18 bits per heavy atom. The van der Waals surface area contributed by atoms with E-state index in [9.17, 15) is 9.59 Å². The highest BCUT2D eigenvalue weighted by molar-refractivity contribution is 8.01. The summed E-state index contributed by atoms with van der Waals surface area (Å²) in [5.41, 5.74) is -0.512. The van der Waals surface area contributed by atoms with Crippen LogP contribution in [0.4, 0.5) is 0 Å². The summed E-state index contributed by atoms with van der Waals surface area (Å²) in [5.74, 6) is 2.10. The van der Waals surface area contributed by atoms with Crippen molar-refractivity contribution in [2.75, 3.05) is 5.75 Å². The van der Waals surface area contributed by atoms with E-state index in [1.807, 2.05) is 6.92 Å². The van der Waals surface area contributed by atoms with E-state index in [0.717, 1.165) is 18.3 Å². The van der Waals surface area contributed by atoms with Crippen LogP contribution in [-0.2, 0) is 14.3 Å². The van der Waals surface area contributed by atoms with Gasteiger partial charge in [-0.15, -0.1) is 0 Å². The van der Waals surface area contributed by atoms with Crippen LogP contribution >= 0.6 is 11.8 Å². The van der Waals surface area contributed by atoms with Crippen LogP contribution in [0.2, 0.25) is 0 Å². The number of hydrogen-bond acceptors (Lipinski definition) is 4. The molecule has 0 N–H and O–H groups in total. The lowest BCUT2D eigenvalue weighted by atomic mass is 9.84. The maximum atomic E-state index is 11.1. The predicted molar refractivity (Wildman–Crippen MR) is 95.0 cm³/mol. The lowest BCUT2D eigenvalue weighted by Crippen LogP contribution is -2.16. The summed E-state index contributed by atoms with van der Waals surface area (Å²) in [5, 5.41) is 0. The summed E-state index contributed by atoms with van der Waals surface area (Å²) < 4.78 is 4.75. The van der Waals surface area contributed by atoms with Gasteiger partial charge in [-0.1, -0.05) is 72.1 Å². The molecule has 0 aromatic rings. The number of rotatable bonds is 3. The van der Waals surface area contributed by atoms with Crippen LogP contribution < -0.4 is 0 Å². The molecular weight excluding hydrogens is 296 g/mol. The first-order valence-electron chi connectivity index (χ1n) is 8.78. The first-order valence-corrected chi connectivity index (χ1v) is 9.83. The van der Waals surface area contributed by atoms with Gasteiger partial charge in [0.15, 0.2) is 5.78 Å². The van der Waals surface area contributed by atoms with E-state index < -0.39 is 5.44 Å². The lowest BCUT2D eigenvalue weighted by Gasteiger charge is -2.22. The van der Waals surface area contributed by atoms with Gasteiger partial charge in [0.05, 0.1) is 5.75 Å². The van der Waals surface area contributed by atoms with Gasteiger partial charge in [0.1, 0.15) is 0 Å². The molecule has 4 heteroatoms. The first kappa shape index (κ1) is 21.5. The molecule has 3 nitrogen and oxygen atoms in total. The molecule has 0 bridgehead atoms. The first-order chi connectivity index (χ1) is 10.4. The molecule has 0 spiro atoms. The molecule has 2 rings (SSSR count). The molecule has 130 valence electrons. The van der Waals surface area contributed by atoms with Gasteiger partial charge in [-0.25, -0.2) is 0 Å². The Hall–Kier alpha value is -0.510. The average molecular weight is 331 g/mol. The van der Waals surface area contributed by atoms with Crippen molar-refractivity contribution >= 4 is 23.5 Å². The summed E-state index contributed by atoms with van der Waals surface area (Å²) in [6, 6.07) is 0. The van der Waals surface area contributed by atoms with E-state index in [1.54, 1.807) is 0 Å². The summed E-state index contributed by atoms with van der Waals surface area (Å²) in [4.78, 5) is 21.7.